The summed E-state index contributed by atoms with van der Waals surface area (Å²) in [6.07, 6.45) is 7.09. The van der Waals surface area contributed by atoms with Gasteiger partial charge in [-0.2, -0.15) is 0 Å². The van der Waals surface area contributed by atoms with Crippen LogP contribution in [0, 0.1) is 11.8 Å². The number of piperidine rings is 2. The van der Waals surface area contributed by atoms with E-state index in [0.29, 0.717) is 11.7 Å². The Bertz CT molecular complexity index is 950. The van der Waals surface area contributed by atoms with Crippen molar-refractivity contribution in [2.75, 3.05) is 39.0 Å². The second-order valence-corrected chi connectivity index (χ2v) is 8.97. The molecule has 2 N–H and O–H groups in total. The molecular formula is C25H34N6O2. The predicted octanol–water partition coefficient (Wildman–Crippen LogP) is 3.12. The highest BCUT2D eigenvalue weighted by Crippen LogP contribution is 2.29. The molecule has 0 spiro atoms. The van der Waals surface area contributed by atoms with E-state index in [2.05, 4.69) is 26.9 Å². The molecule has 2 aliphatic rings. The molecule has 176 valence electrons. The topological polar surface area (TPSA) is 96.9 Å². The van der Waals surface area contributed by atoms with Crippen LogP contribution in [0.2, 0.25) is 0 Å². The molecule has 2 aliphatic heterocycles. The molecule has 4 rings (SSSR count). The van der Waals surface area contributed by atoms with Crippen molar-refractivity contribution in [3.05, 3.63) is 54.0 Å². The van der Waals surface area contributed by atoms with Crippen molar-refractivity contribution in [3.8, 4) is 0 Å². The number of amides is 1. The predicted molar refractivity (Wildman–Crippen MR) is 128 cm³/mol. The molecule has 2 fully saturated rings. The van der Waals surface area contributed by atoms with Crippen LogP contribution in [0.1, 0.15) is 49.9 Å². The molecule has 1 amide bonds. The van der Waals surface area contributed by atoms with Gasteiger partial charge >= 0.3 is 0 Å². The Kier molecular flexibility index (Phi) is 7.54. The largest absolute Gasteiger partial charge is 0.399 e. The number of hydrogen-bond acceptors (Lipinski definition) is 7. The van der Waals surface area contributed by atoms with E-state index in [-0.39, 0.29) is 17.9 Å². The Morgan fingerprint density at radius 3 is 2.42 bits per heavy atom. The molecule has 2 saturated heterocycles. The smallest absolute Gasteiger partial charge is 0.225 e. The minimum atomic E-state index is 0.107. The molecule has 8 nitrogen and oxygen atoms in total. The summed E-state index contributed by atoms with van der Waals surface area (Å²) in [6, 6.07) is 10.1. The molecular weight excluding hydrogens is 416 g/mol. The third-order valence-corrected chi connectivity index (χ3v) is 7.02. The summed E-state index contributed by atoms with van der Waals surface area (Å²) in [7, 11) is 1.57. The van der Waals surface area contributed by atoms with Crippen LogP contribution in [-0.4, -0.2) is 64.7 Å². The highest BCUT2D eigenvalue weighted by molar-refractivity contribution is 6.00. The maximum atomic E-state index is 13.2. The first-order valence-corrected chi connectivity index (χ1v) is 11.8. The number of anilines is 1. The summed E-state index contributed by atoms with van der Waals surface area (Å²) >= 11 is 0. The zero-order valence-electron chi connectivity index (χ0n) is 19.6. The van der Waals surface area contributed by atoms with Crippen molar-refractivity contribution < 1.29 is 9.63 Å². The summed E-state index contributed by atoms with van der Waals surface area (Å²) in [5.74, 6) is 1.21. The van der Waals surface area contributed by atoms with E-state index in [4.69, 9.17) is 10.6 Å². The van der Waals surface area contributed by atoms with E-state index in [0.717, 1.165) is 63.3 Å². The standard InChI is InChI=1S/C25H34N6O2/c1-18(21-6-12-28-23(26)17-21)30-13-9-20(10-14-30)25(32)31-15-7-19(8-16-31)24(29-33-2)22-5-3-4-11-27-22/h3-6,11-12,17-20H,7-10,13-16H2,1-2H3,(H2,26,28)/b29-24-. The van der Waals surface area contributed by atoms with Gasteiger partial charge in [-0.05, 0) is 75.5 Å². The second-order valence-electron chi connectivity index (χ2n) is 8.97. The lowest BCUT2D eigenvalue weighted by molar-refractivity contribution is -0.138. The first kappa shape index (κ1) is 23.2. The van der Waals surface area contributed by atoms with E-state index in [1.807, 2.05) is 35.2 Å². The van der Waals surface area contributed by atoms with Crippen LogP contribution < -0.4 is 5.73 Å². The number of nitrogens with zero attached hydrogens (tertiary/aromatic N) is 5. The maximum Gasteiger partial charge on any atom is 0.225 e. The lowest BCUT2D eigenvalue weighted by Crippen LogP contribution is -2.46. The van der Waals surface area contributed by atoms with Crippen molar-refractivity contribution >= 4 is 17.4 Å². The molecule has 2 aromatic rings. The second kappa shape index (κ2) is 10.7. The van der Waals surface area contributed by atoms with Gasteiger partial charge in [0.1, 0.15) is 18.6 Å². The van der Waals surface area contributed by atoms with Crippen molar-refractivity contribution in [1.29, 1.82) is 0 Å². The number of aromatic nitrogens is 2. The molecule has 1 atom stereocenters. The Hall–Kier alpha value is -3.00. The van der Waals surface area contributed by atoms with Gasteiger partial charge < -0.3 is 15.5 Å². The number of nitrogens with two attached hydrogens (primary N) is 1. The number of likely N-dealkylation sites (tertiary alicyclic amines) is 2. The van der Waals surface area contributed by atoms with E-state index < -0.39 is 0 Å². The third-order valence-electron chi connectivity index (χ3n) is 7.02. The van der Waals surface area contributed by atoms with Gasteiger partial charge in [-0.15, -0.1) is 0 Å². The van der Waals surface area contributed by atoms with Crippen LogP contribution in [0.25, 0.3) is 0 Å². The number of carbonyl (C=O) groups is 1. The third kappa shape index (κ3) is 5.50. The molecule has 0 bridgehead atoms. The van der Waals surface area contributed by atoms with Gasteiger partial charge in [-0.1, -0.05) is 11.2 Å². The summed E-state index contributed by atoms with van der Waals surface area (Å²) < 4.78 is 0. The van der Waals surface area contributed by atoms with Gasteiger partial charge in [0.05, 0.1) is 5.69 Å². The molecule has 4 heterocycles. The number of carbonyl (C=O) groups excluding carboxylic acids is 1. The van der Waals surface area contributed by atoms with Crippen LogP contribution in [0.15, 0.2) is 47.9 Å². The van der Waals surface area contributed by atoms with Gasteiger partial charge in [0.2, 0.25) is 5.91 Å². The van der Waals surface area contributed by atoms with Crippen molar-refractivity contribution in [2.45, 2.75) is 38.6 Å². The molecule has 33 heavy (non-hydrogen) atoms. The number of hydrogen-bond donors (Lipinski definition) is 1. The first-order valence-electron chi connectivity index (χ1n) is 11.8. The molecule has 0 aromatic carbocycles. The summed E-state index contributed by atoms with van der Waals surface area (Å²) in [5, 5.41) is 4.27. The van der Waals surface area contributed by atoms with Crippen molar-refractivity contribution in [1.82, 2.24) is 19.8 Å². The highest BCUT2D eigenvalue weighted by atomic mass is 16.6. The van der Waals surface area contributed by atoms with Crippen LogP contribution >= 0.6 is 0 Å². The zero-order valence-corrected chi connectivity index (χ0v) is 19.6. The normalized spacial score (nSPS) is 19.9. The van der Waals surface area contributed by atoms with Crippen LogP contribution in [0.3, 0.4) is 0 Å². The fourth-order valence-electron chi connectivity index (χ4n) is 5.04. The minimum absolute atomic E-state index is 0.107. The quantitative estimate of drug-likeness (QED) is 0.537. The number of nitrogen functional groups attached to an aromatic ring is 1. The van der Waals surface area contributed by atoms with Gasteiger partial charge in [-0.25, -0.2) is 4.98 Å². The zero-order chi connectivity index (χ0) is 23.2. The summed E-state index contributed by atoms with van der Waals surface area (Å²) in [5.41, 5.74) is 8.76. The van der Waals surface area contributed by atoms with Gasteiger partial charge in [0, 0.05) is 43.4 Å². The van der Waals surface area contributed by atoms with E-state index in [1.54, 1.807) is 19.5 Å². The first-order chi connectivity index (χ1) is 16.1. The van der Waals surface area contributed by atoms with Crippen LogP contribution in [0.4, 0.5) is 5.82 Å². The molecule has 0 aliphatic carbocycles. The Morgan fingerprint density at radius 1 is 1.06 bits per heavy atom. The molecule has 0 radical (unpaired) electrons. The summed E-state index contributed by atoms with van der Waals surface area (Å²) in [6.45, 7) is 5.54. The lowest BCUT2D eigenvalue weighted by atomic mass is 9.88. The van der Waals surface area contributed by atoms with E-state index in [9.17, 15) is 4.79 Å². The Morgan fingerprint density at radius 2 is 1.79 bits per heavy atom. The summed E-state index contributed by atoms with van der Waals surface area (Å²) in [4.78, 5) is 31.3. The monoisotopic (exact) mass is 450 g/mol. The minimum Gasteiger partial charge on any atom is -0.399 e. The number of rotatable bonds is 6. The Labute approximate surface area is 195 Å². The average Bonchev–Trinajstić information content (AvgIpc) is 2.87. The van der Waals surface area contributed by atoms with E-state index >= 15 is 0 Å². The molecule has 8 heteroatoms. The molecule has 2 aromatic heterocycles. The molecule has 0 saturated carbocycles. The molecule has 1 unspecified atom stereocenters. The van der Waals surface area contributed by atoms with Gasteiger partial charge in [-0.3, -0.25) is 14.7 Å². The lowest BCUT2D eigenvalue weighted by Gasteiger charge is -2.39. The van der Waals surface area contributed by atoms with Crippen molar-refractivity contribution in [2.24, 2.45) is 17.0 Å². The SMILES string of the molecule is CO/N=C(\c1ccccn1)C1CCN(C(=O)C2CCN(C(C)c3ccnc(N)c3)CC2)CC1. The number of pyridine rings is 2. The van der Waals surface area contributed by atoms with E-state index in [1.165, 1.54) is 5.56 Å². The Balaban J connectivity index is 1.29. The fraction of sp³-hybridized carbons (Fsp3) is 0.520. The van der Waals surface area contributed by atoms with Crippen LogP contribution in [0.5, 0.6) is 0 Å². The van der Waals surface area contributed by atoms with Crippen LogP contribution in [-0.2, 0) is 9.63 Å². The number of oxime groups is 1. The van der Waals surface area contributed by atoms with Crippen molar-refractivity contribution in [3.63, 3.8) is 0 Å². The maximum absolute atomic E-state index is 13.2. The average molecular weight is 451 g/mol. The van der Waals surface area contributed by atoms with Gasteiger partial charge in [0.25, 0.3) is 0 Å². The van der Waals surface area contributed by atoms with Gasteiger partial charge in [0.15, 0.2) is 0 Å². The highest BCUT2D eigenvalue weighted by Gasteiger charge is 2.33. The fourth-order valence-corrected chi connectivity index (χ4v) is 5.04.